The lowest BCUT2D eigenvalue weighted by Gasteiger charge is -2.36. The number of halogens is 1. The van der Waals surface area contributed by atoms with Crippen molar-refractivity contribution in [3.05, 3.63) is 28.8 Å². The minimum atomic E-state index is 0.270. The molecule has 1 N–H and O–H groups in total. The molecular weight excluding hydrogens is 310 g/mol. The average molecular weight is 332 g/mol. The van der Waals surface area contributed by atoms with Crippen LogP contribution in [0.5, 0.6) is 5.75 Å². The summed E-state index contributed by atoms with van der Waals surface area (Å²) in [6, 6.07) is 6.15. The number of methoxy groups -OCH3 is 1. The molecule has 2 nitrogen and oxygen atoms in total. The third kappa shape index (κ3) is 3.59. The van der Waals surface area contributed by atoms with E-state index >= 15 is 0 Å². The van der Waals surface area contributed by atoms with E-state index in [1.165, 1.54) is 23.5 Å². The highest BCUT2D eigenvalue weighted by Gasteiger charge is 2.33. The van der Waals surface area contributed by atoms with Gasteiger partial charge < -0.3 is 10.1 Å². The minimum absolute atomic E-state index is 0.270. The van der Waals surface area contributed by atoms with Crippen molar-refractivity contribution in [1.82, 2.24) is 5.32 Å². The Morgan fingerprint density at radius 1 is 1.40 bits per heavy atom. The van der Waals surface area contributed by atoms with Gasteiger partial charge in [0.2, 0.25) is 0 Å². The van der Waals surface area contributed by atoms with Crippen molar-refractivity contribution < 1.29 is 4.74 Å². The highest BCUT2D eigenvalue weighted by atomic mass is 35.5. The van der Waals surface area contributed by atoms with Crippen LogP contribution in [0.2, 0.25) is 5.02 Å². The van der Waals surface area contributed by atoms with Crippen LogP contribution in [0, 0.1) is 0 Å². The molecule has 1 aliphatic heterocycles. The zero-order chi connectivity index (χ0) is 14.5. The Morgan fingerprint density at radius 3 is 2.80 bits per heavy atom. The molecule has 0 spiro atoms. The number of thioether (sulfide) groups is 2. The van der Waals surface area contributed by atoms with Crippen molar-refractivity contribution in [1.29, 1.82) is 0 Å². The van der Waals surface area contributed by atoms with Crippen molar-refractivity contribution in [2.75, 3.05) is 25.7 Å². The van der Waals surface area contributed by atoms with Gasteiger partial charge in [0.15, 0.2) is 0 Å². The summed E-state index contributed by atoms with van der Waals surface area (Å²) in [5.41, 5.74) is 1.17. The molecule has 0 aliphatic carbocycles. The van der Waals surface area contributed by atoms with Gasteiger partial charge in [-0.05, 0) is 31.7 Å². The lowest BCUT2D eigenvalue weighted by atomic mass is 9.99. The van der Waals surface area contributed by atoms with Gasteiger partial charge in [0.1, 0.15) is 5.75 Å². The van der Waals surface area contributed by atoms with Gasteiger partial charge in [-0.15, -0.1) is 0 Å². The van der Waals surface area contributed by atoms with E-state index in [9.17, 15) is 0 Å². The number of hydrogen-bond donors (Lipinski definition) is 1. The second kappa shape index (κ2) is 7.83. The molecule has 0 bridgehead atoms. The molecule has 1 aromatic carbocycles. The maximum absolute atomic E-state index is 6.19. The van der Waals surface area contributed by atoms with Crippen LogP contribution in [0.15, 0.2) is 18.2 Å². The first-order valence-electron chi connectivity index (χ1n) is 6.95. The Kier molecular flexibility index (Phi) is 6.40. The smallest absolute Gasteiger partial charge is 0.123 e. The highest BCUT2D eigenvalue weighted by Crippen LogP contribution is 2.42. The molecule has 20 heavy (non-hydrogen) atoms. The fourth-order valence-corrected chi connectivity index (χ4v) is 6.15. The molecule has 1 aliphatic rings. The van der Waals surface area contributed by atoms with Crippen molar-refractivity contribution in [2.24, 2.45) is 0 Å². The first-order valence-corrected chi connectivity index (χ1v) is 9.42. The predicted molar refractivity (Wildman–Crippen MR) is 92.6 cm³/mol. The van der Waals surface area contributed by atoms with Crippen molar-refractivity contribution in [3.8, 4) is 5.75 Å². The lowest BCUT2D eigenvalue weighted by molar-refractivity contribution is 0.399. The number of hydrogen-bond acceptors (Lipinski definition) is 4. The van der Waals surface area contributed by atoms with E-state index in [1.807, 2.05) is 25.2 Å². The molecule has 0 amide bonds. The van der Waals surface area contributed by atoms with E-state index in [1.54, 1.807) is 7.11 Å². The zero-order valence-corrected chi connectivity index (χ0v) is 14.6. The molecular formula is C15H22ClNOS2. The van der Waals surface area contributed by atoms with Gasteiger partial charge in [-0.25, -0.2) is 0 Å². The zero-order valence-electron chi connectivity index (χ0n) is 12.2. The molecule has 1 fully saturated rings. The van der Waals surface area contributed by atoms with E-state index in [4.69, 9.17) is 16.3 Å². The predicted octanol–water partition coefficient (Wildman–Crippen LogP) is 4.24. The van der Waals surface area contributed by atoms with Gasteiger partial charge in [0.05, 0.1) is 7.11 Å². The SMILES string of the molecule is CCC1SCCSC1C(NC)c1cc(Cl)ccc1OC. The Balaban J connectivity index is 2.33. The normalized spacial score (nSPS) is 24.4. The summed E-state index contributed by atoms with van der Waals surface area (Å²) in [6.07, 6.45) is 1.20. The maximum atomic E-state index is 6.19. The van der Waals surface area contributed by atoms with Gasteiger partial charge in [-0.1, -0.05) is 18.5 Å². The maximum Gasteiger partial charge on any atom is 0.123 e. The molecule has 5 heteroatoms. The van der Waals surface area contributed by atoms with Crippen molar-refractivity contribution in [2.45, 2.75) is 29.9 Å². The topological polar surface area (TPSA) is 21.3 Å². The van der Waals surface area contributed by atoms with Gasteiger partial charge >= 0.3 is 0 Å². The van der Waals surface area contributed by atoms with Crippen LogP contribution in [-0.2, 0) is 0 Å². The second-order valence-electron chi connectivity index (χ2n) is 4.81. The average Bonchev–Trinajstić information content (AvgIpc) is 2.49. The summed E-state index contributed by atoms with van der Waals surface area (Å²) >= 11 is 10.3. The van der Waals surface area contributed by atoms with Crippen LogP contribution in [0.3, 0.4) is 0 Å². The van der Waals surface area contributed by atoms with Crippen LogP contribution in [0.4, 0.5) is 0 Å². The van der Waals surface area contributed by atoms with E-state index in [-0.39, 0.29) is 6.04 Å². The first-order chi connectivity index (χ1) is 9.71. The molecule has 112 valence electrons. The number of rotatable bonds is 5. The summed E-state index contributed by atoms with van der Waals surface area (Å²) in [4.78, 5) is 0. The number of benzene rings is 1. The van der Waals surface area contributed by atoms with E-state index in [0.717, 1.165) is 10.8 Å². The van der Waals surface area contributed by atoms with E-state index in [0.29, 0.717) is 10.5 Å². The van der Waals surface area contributed by atoms with Gasteiger partial charge in [0.25, 0.3) is 0 Å². The van der Waals surface area contributed by atoms with Gasteiger partial charge in [-0.3, -0.25) is 0 Å². The van der Waals surface area contributed by atoms with Crippen LogP contribution in [0.1, 0.15) is 24.9 Å². The van der Waals surface area contributed by atoms with Crippen LogP contribution >= 0.6 is 35.1 Å². The van der Waals surface area contributed by atoms with Crippen LogP contribution in [-0.4, -0.2) is 36.2 Å². The highest BCUT2D eigenvalue weighted by molar-refractivity contribution is 8.07. The number of nitrogens with one attached hydrogen (secondary N) is 1. The second-order valence-corrected chi connectivity index (χ2v) is 7.87. The number of ether oxygens (including phenoxy) is 1. The fraction of sp³-hybridized carbons (Fsp3) is 0.600. The monoisotopic (exact) mass is 331 g/mol. The molecule has 3 unspecified atom stereocenters. The molecule has 3 atom stereocenters. The molecule has 0 saturated carbocycles. The summed E-state index contributed by atoms with van der Waals surface area (Å²) in [5, 5.41) is 5.48. The quantitative estimate of drug-likeness (QED) is 0.871. The van der Waals surface area contributed by atoms with Crippen LogP contribution < -0.4 is 10.1 Å². The van der Waals surface area contributed by atoms with Crippen LogP contribution in [0.25, 0.3) is 0 Å². The molecule has 1 saturated heterocycles. The summed E-state index contributed by atoms with van der Waals surface area (Å²) in [6.45, 7) is 2.28. The molecule has 1 heterocycles. The van der Waals surface area contributed by atoms with Crippen molar-refractivity contribution in [3.63, 3.8) is 0 Å². The fourth-order valence-electron chi connectivity index (χ4n) is 2.69. The Hall–Kier alpha value is -0.0300. The third-order valence-corrected chi connectivity index (χ3v) is 7.25. The van der Waals surface area contributed by atoms with Gasteiger partial charge in [0, 0.05) is 38.6 Å². The first kappa shape index (κ1) is 16.3. The third-order valence-electron chi connectivity index (χ3n) is 3.66. The molecule has 0 aromatic heterocycles. The van der Waals surface area contributed by atoms with Gasteiger partial charge in [-0.2, -0.15) is 23.5 Å². The minimum Gasteiger partial charge on any atom is -0.496 e. The Bertz CT molecular complexity index is 444. The Morgan fingerprint density at radius 2 is 2.15 bits per heavy atom. The standard InChI is InChI=1S/C15H22ClNOS2/c1-4-13-15(20-8-7-19-13)14(17-2)11-9-10(16)5-6-12(11)18-3/h5-6,9,13-15,17H,4,7-8H2,1-3H3. The Labute approximate surface area is 135 Å². The lowest BCUT2D eigenvalue weighted by Crippen LogP contribution is -2.37. The summed E-state index contributed by atoms with van der Waals surface area (Å²) in [5.74, 6) is 3.38. The largest absolute Gasteiger partial charge is 0.496 e. The van der Waals surface area contributed by atoms with E-state index in [2.05, 4.69) is 35.8 Å². The summed E-state index contributed by atoms with van der Waals surface area (Å²) < 4.78 is 5.53. The van der Waals surface area contributed by atoms with Crippen molar-refractivity contribution >= 4 is 35.1 Å². The molecule has 1 aromatic rings. The molecule has 2 rings (SSSR count). The molecule has 0 radical (unpaired) electrons. The van der Waals surface area contributed by atoms with E-state index < -0.39 is 0 Å². The summed E-state index contributed by atoms with van der Waals surface area (Å²) in [7, 11) is 3.75.